The lowest BCUT2D eigenvalue weighted by Crippen LogP contribution is -2.37. The number of phenols is 1. The second kappa shape index (κ2) is 5.64. The van der Waals surface area contributed by atoms with E-state index in [4.69, 9.17) is 9.15 Å². The van der Waals surface area contributed by atoms with Crippen LogP contribution in [0.5, 0.6) is 5.75 Å². The summed E-state index contributed by atoms with van der Waals surface area (Å²) in [7, 11) is 0. The van der Waals surface area contributed by atoms with Crippen molar-refractivity contribution < 1.29 is 19.1 Å². The number of morpholine rings is 1. The van der Waals surface area contributed by atoms with E-state index in [2.05, 4.69) is 4.90 Å². The van der Waals surface area contributed by atoms with Gasteiger partial charge in [-0.25, -0.2) is 0 Å². The molecule has 5 nitrogen and oxygen atoms in total. The van der Waals surface area contributed by atoms with Gasteiger partial charge in [-0.15, -0.1) is 0 Å². The van der Waals surface area contributed by atoms with E-state index in [1.807, 2.05) is 0 Å². The molecule has 1 N–H and O–H groups in total. The van der Waals surface area contributed by atoms with Crippen molar-refractivity contribution in [2.24, 2.45) is 0 Å². The van der Waals surface area contributed by atoms with Gasteiger partial charge in [0.2, 0.25) is 0 Å². The number of hydrogen-bond donors (Lipinski definition) is 1. The molecule has 0 bridgehead atoms. The Morgan fingerprint density at radius 2 is 2.05 bits per heavy atom. The van der Waals surface area contributed by atoms with Gasteiger partial charge >= 0.3 is 0 Å². The van der Waals surface area contributed by atoms with Gasteiger partial charge in [0.1, 0.15) is 11.3 Å². The first kappa shape index (κ1) is 13.1. The number of ether oxygens (including phenoxy) is 1. The molecule has 3 rings (SSSR count). The summed E-state index contributed by atoms with van der Waals surface area (Å²) in [5.41, 5.74) is 0.623. The maximum Gasteiger partial charge on any atom is 0.199 e. The Hall–Kier alpha value is -1.85. The Labute approximate surface area is 116 Å². The van der Waals surface area contributed by atoms with Gasteiger partial charge < -0.3 is 14.3 Å². The number of furan rings is 1. The minimum atomic E-state index is -0.00724. The topological polar surface area (TPSA) is 62.9 Å². The first-order valence-electron chi connectivity index (χ1n) is 6.78. The molecule has 106 valence electrons. The lowest BCUT2D eigenvalue weighted by atomic mass is 10.2. The zero-order valence-corrected chi connectivity index (χ0v) is 11.2. The van der Waals surface area contributed by atoms with E-state index in [0.717, 1.165) is 38.2 Å². The van der Waals surface area contributed by atoms with E-state index in [1.54, 1.807) is 24.3 Å². The molecule has 0 saturated carbocycles. The Balaban J connectivity index is 1.65. The fraction of sp³-hybridized carbons (Fsp3) is 0.400. The Morgan fingerprint density at radius 1 is 1.25 bits per heavy atom. The van der Waals surface area contributed by atoms with Crippen LogP contribution in [0.1, 0.15) is 17.0 Å². The lowest BCUT2D eigenvalue weighted by molar-refractivity contribution is 0.0368. The fourth-order valence-electron chi connectivity index (χ4n) is 2.38. The molecule has 1 aliphatic heterocycles. The quantitative estimate of drug-likeness (QED) is 0.865. The number of carbonyl (C=O) groups is 1. The van der Waals surface area contributed by atoms with Crippen molar-refractivity contribution in [1.29, 1.82) is 0 Å². The molecular formula is C15H17NO4. The van der Waals surface area contributed by atoms with Crippen LogP contribution in [-0.4, -0.2) is 48.6 Å². The zero-order valence-electron chi connectivity index (χ0n) is 11.2. The maximum absolute atomic E-state index is 12.1. The highest BCUT2D eigenvalue weighted by Crippen LogP contribution is 2.24. The molecule has 0 radical (unpaired) electrons. The van der Waals surface area contributed by atoms with Crippen LogP contribution in [0.3, 0.4) is 0 Å². The van der Waals surface area contributed by atoms with Gasteiger partial charge in [0.15, 0.2) is 11.5 Å². The summed E-state index contributed by atoms with van der Waals surface area (Å²) in [5, 5.41) is 10.2. The Morgan fingerprint density at radius 3 is 2.85 bits per heavy atom. The Kier molecular flexibility index (Phi) is 3.71. The number of fused-ring (bicyclic) bond motifs is 1. The molecule has 0 unspecified atom stereocenters. The van der Waals surface area contributed by atoms with E-state index in [0.29, 0.717) is 17.8 Å². The number of benzene rings is 1. The van der Waals surface area contributed by atoms with Crippen LogP contribution >= 0.6 is 0 Å². The van der Waals surface area contributed by atoms with Crippen LogP contribution in [0.2, 0.25) is 0 Å². The highest BCUT2D eigenvalue weighted by Gasteiger charge is 2.16. The van der Waals surface area contributed by atoms with Gasteiger partial charge in [0.05, 0.1) is 13.2 Å². The summed E-state index contributed by atoms with van der Waals surface area (Å²) < 4.78 is 10.8. The second-order valence-corrected chi connectivity index (χ2v) is 4.96. The van der Waals surface area contributed by atoms with Gasteiger partial charge in [-0.1, -0.05) is 0 Å². The van der Waals surface area contributed by atoms with E-state index in [9.17, 15) is 9.90 Å². The summed E-state index contributed by atoms with van der Waals surface area (Å²) in [4.78, 5) is 14.3. The third kappa shape index (κ3) is 2.84. The minimum absolute atomic E-state index is 0.00724. The largest absolute Gasteiger partial charge is 0.508 e. The molecule has 1 fully saturated rings. The van der Waals surface area contributed by atoms with Crippen LogP contribution < -0.4 is 0 Å². The van der Waals surface area contributed by atoms with E-state index in [-0.39, 0.29) is 11.5 Å². The molecule has 1 aromatic carbocycles. The molecule has 0 spiro atoms. The SMILES string of the molecule is O=C(CCN1CCOCC1)c1cc2cc(O)ccc2o1. The van der Waals surface area contributed by atoms with Crippen molar-refractivity contribution in [1.82, 2.24) is 4.90 Å². The van der Waals surface area contributed by atoms with Gasteiger partial charge in [0.25, 0.3) is 0 Å². The van der Waals surface area contributed by atoms with Gasteiger partial charge in [0, 0.05) is 31.4 Å². The number of rotatable bonds is 4. The molecule has 0 aliphatic carbocycles. The molecular weight excluding hydrogens is 258 g/mol. The molecule has 1 saturated heterocycles. The summed E-state index contributed by atoms with van der Waals surface area (Å²) >= 11 is 0. The summed E-state index contributed by atoms with van der Waals surface area (Å²) in [6, 6.07) is 6.51. The number of carbonyl (C=O) groups excluding carboxylic acids is 1. The van der Waals surface area contributed by atoms with Crippen LogP contribution in [0.15, 0.2) is 28.7 Å². The highest BCUT2D eigenvalue weighted by molar-refractivity contribution is 5.97. The van der Waals surface area contributed by atoms with Crippen molar-refractivity contribution in [3.05, 3.63) is 30.0 Å². The normalized spacial score (nSPS) is 16.6. The predicted molar refractivity (Wildman–Crippen MR) is 74.1 cm³/mol. The third-order valence-corrected chi connectivity index (χ3v) is 3.53. The fourth-order valence-corrected chi connectivity index (χ4v) is 2.38. The van der Waals surface area contributed by atoms with Crippen molar-refractivity contribution in [3.8, 4) is 5.75 Å². The smallest absolute Gasteiger partial charge is 0.199 e. The number of nitrogens with zero attached hydrogens (tertiary/aromatic N) is 1. The summed E-state index contributed by atoms with van der Waals surface area (Å²) in [6.07, 6.45) is 0.436. The average molecular weight is 275 g/mol. The first-order chi connectivity index (χ1) is 9.72. The number of phenolic OH excluding ortho intramolecular Hbond substituents is 1. The number of hydrogen-bond acceptors (Lipinski definition) is 5. The average Bonchev–Trinajstić information content (AvgIpc) is 2.89. The molecule has 5 heteroatoms. The third-order valence-electron chi connectivity index (χ3n) is 3.53. The van der Waals surface area contributed by atoms with Crippen molar-refractivity contribution in [2.75, 3.05) is 32.8 Å². The molecule has 0 atom stereocenters. The maximum atomic E-state index is 12.1. The minimum Gasteiger partial charge on any atom is -0.508 e. The second-order valence-electron chi connectivity index (χ2n) is 4.96. The zero-order chi connectivity index (χ0) is 13.9. The molecule has 2 heterocycles. The molecule has 1 aliphatic rings. The predicted octanol–water partition coefficient (Wildman–Crippen LogP) is 2.04. The molecule has 2 aromatic rings. The standard InChI is InChI=1S/C15H17NO4/c17-12-1-2-14-11(9-12)10-15(20-14)13(18)3-4-16-5-7-19-8-6-16/h1-2,9-10,17H,3-8H2. The van der Waals surface area contributed by atoms with Crippen LogP contribution in [0, 0.1) is 0 Å². The molecule has 1 aromatic heterocycles. The van der Waals surface area contributed by atoms with E-state index >= 15 is 0 Å². The highest BCUT2D eigenvalue weighted by atomic mass is 16.5. The van der Waals surface area contributed by atoms with Crippen molar-refractivity contribution >= 4 is 16.8 Å². The summed E-state index contributed by atoms with van der Waals surface area (Å²) in [6.45, 7) is 3.95. The van der Waals surface area contributed by atoms with Crippen LogP contribution in [0.4, 0.5) is 0 Å². The molecule has 20 heavy (non-hydrogen) atoms. The number of ketones is 1. The van der Waals surface area contributed by atoms with Gasteiger partial charge in [-0.3, -0.25) is 9.69 Å². The Bertz CT molecular complexity index is 613. The molecule has 0 amide bonds. The van der Waals surface area contributed by atoms with E-state index < -0.39 is 0 Å². The van der Waals surface area contributed by atoms with Crippen molar-refractivity contribution in [2.45, 2.75) is 6.42 Å². The monoisotopic (exact) mass is 275 g/mol. The number of Topliss-reactive ketones (excluding diaryl/α,β-unsaturated/α-hetero) is 1. The lowest BCUT2D eigenvalue weighted by Gasteiger charge is -2.25. The van der Waals surface area contributed by atoms with Crippen molar-refractivity contribution in [3.63, 3.8) is 0 Å². The van der Waals surface area contributed by atoms with E-state index in [1.165, 1.54) is 0 Å². The summed E-state index contributed by atoms with van der Waals surface area (Å²) in [5.74, 6) is 0.525. The van der Waals surface area contributed by atoms with Gasteiger partial charge in [-0.05, 0) is 24.3 Å². The van der Waals surface area contributed by atoms with Gasteiger partial charge in [-0.2, -0.15) is 0 Å². The van der Waals surface area contributed by atoms with Crippen LogP contribution in [-0.2, 0) is 4.74 Å². The number of aromatic hydroxyl groups is 1. The first-order valence-corrected chi connectivity index (χ1v) is 6.78. The van der Waals surface area contributed by atoms with Crippen LogP contribution in [0.25, 0.3) is 11.0 Å².